The molecule has 0 radical (unpaired) electrons. The number of carboxylic acid groups (broad SMARTS) is 1. The van der Waals surface area contributed by atoms with Gasteiger partial charge in [-0.25, -0.2) is 0 Å². The highest BCUT2D eigenvalue weighted by Crippen LogP contribution is 2.41. The quantitative estimate of drug-likeness (QED) is 0.376. The number of hydrogen-bond donors (Lipinski definition) is 1. The average molecular weight is 557 g/mol. The number of aliphatic carboxylic acids is 1. The summed E-state index contributed by atoms with van der Waals surface area (Å²) in [5, 5.41) is 10.5. The smallest absolute Gasteiger partial charge is 0.308 e. The monoisotopic (exact) mass is 556 g/mol. The number of likely N-dealkylation sites (tertiary alicyclic amines) is 2. The summed E-state index contributed by atoms with van der Waals surface area (Å²) in [5.41, 5.74) is 2.12. The molecule has 1 aromatic rings. The van der Waals surface area contributed by atoms with E-state index in [0.717, 1.165) is 75.0 Å². The van der Waals surface area contributed by atoms with Crippen LogP contribution in [0.4, 0.5) is 0 Å². The fraction of sp³-hybridized carbons (Fsp3) is 0.710. The van der Waals surface area contributed by atoms with Crippen LogP contribution in [0.1, 0.15) is 68.9 Å². The second-order valence-corrected chi connectivity index (χ2v) is 12.0. The van der Waals surface area contributed by atoms with E-state index in [4.69, 9.17) is 4.74 Å². The van der Waals surface area contributed by atoms with Gasteiger partial charge in [0.1, 0.15) is 5.75 Å². The van der Waals surface area contributed by atoms with Gasteiger partial charge in [-0.1, -0.05) is 25.5 Å². The summed E-state index contributed by atoms with van der Waals surface area (Å²) in [6.07, 6.45) is 6.72. The molecule has 2 saturated heterocycles. The minimum Gasteiger partial charge on any atom is -0.493 e. The molecule has 222 valence electrons. The van der Waals surface area contributed by atoms with Crippen LogP contribution >= 0.6 is 0 Å². The van der Waals surface area contributed by atoms with Gasteiger partial charge in [-0.2, -0.15) is 0 Å². The van der Waals surface area contributed by atoms with Crippen LogP contribution in [-0.2, 0) is 20.8 Å². The van der Waals surface area contributed by atoms with Crippen LogP contribution in [0.3, 0.4) is 0 Å². The second kappa shape index (κ2) is 14.3. The zero-order chi connectivity index (χ0) is 28.6. The van der Waals surface area contributed by atoms with Crippen molar-refractivity contribution in [1.29, 1.82) is 0 Å². The van der Waals surface area contributed by atoms with E-state index >= 15 is 0 Å². The lowest BCUT2D eigenvalue weighted by Gasteiger charge is -2.32. The van der Waals surface area contributed by atoms with Gasteiger partial charge in [-0.05, 0) is 69.9 Å². The molecule has 2 amide bonds. The molecule has 3 aliphatic rings. The number of benzene rings is 1. The van der Waals surface area contributed by atoms with Crippen LogP contribution in [-0.4, -0.2) is 115 Å². The van der Waals surface area contributed by atoms with Gasteiger partial charge in [0.15, 0.2) is 0 Å². The summed E-state index contributed by atoms with van der Waals surface area (Å²) in [5.74, 6) is -0.605. The van der Waals surface area contributed by atoms with Crippen molar-refractivity contribution in [2.45, 2.75) is 70.3 Å². The van der Waals surface area contributed by atoms with Crippen molar-refractivity contribution in [3.63, 3.8) is 0 Å². The Bertz CT molecular complexity index is 1030. The summed E-state index contributed by atoms with van der Waals surface area (Å²) >= 11 is 0. The van der Waals surface area contributed by atoms with Crippen LogP contribution in [0, 0.1) is 5.92 Å². The first-order chi connectivity index (χ1) is 19.3. The molecule has 0 aliphatic carbocycles. The highest BCUT2D eigenvalue weighted by molar-refractivity contribution is 5.79. The number of fused-ring (bicyclic) bond motifs is 1. The molecule has 40 heavy (non-hydrogen) atoms. The van der Waals surface area contributed by atoms with Crippen molar-refractivity contribution in [1.82, 2.24) is 19.6 Å². The number of amides is 2. The van der Waals surface area contributed by atoms with Crippen molar-refractivity contribution in [2.75, 3.05) is 66.5 Å². The standard InChI is InChI=1S/C31H48N4O5/c1-4-5-15-33(17-8-14-32(2)3)29(37)22-35-21-25(23-10-11-27-24(20-23)13-19-40-27)30(31(38)39)26(35)12-18-34-16-7-6-9-28(34)36/h10-11,20,25-26,30H,4-9,12-19,21-22H2,1-3H3,(H,38,39). The van der Waals surface area contributed by atoms with Gasteiger partial charge in [-0.15, -0.1) is 0 Å². The average Bonchev–Trinajstić information content (AvgIpc) is 3.54. The maximum Gasteiger partial charge on any atom is 0.308 e. The first-order valence-corrected chi connectivity index (χ1v) is 15.2. The van der Waals surface area contributed by atoms with Crippen LogP contribution < -0.4 is 4.74 Å². The maximum absolute atomic E-state index is 13.7. The Morgan fingerprint density at radius 1 is 1.10 bits per heavy atom. The molecular weight excluding hydrogens is 508 g/mol. The number of hydrogen-bond acceptors (Lipinski definition) is 6. The van der Waals surface area contributed by atoms with Gasteiger partial charge >= 0.3 is 5.97 Å². The molecule has 9 heteroatoms. The fourth-order valence-electron chi connectivity index (χ4n) is 6.58. The lowest BCUT2D eigenvalue weighted by atomic mass is 9.83. The van der Waals surface area contributed by atoms with E-state index in [1.54, 1.807) is 0 Å². The number of ether oxygens (including phenoxy) is 1. The highest BCUT2D eigenvalue weighted by Gasteiger charge is 2.47. The van der Waals surface area contributed by atoms with Gasteiger partial charge in [0.05, 0.1) is 19.1 Å². The molecule has 4 rings (SSSR count). The van der Waals surface area contributed by atoms with E-state index in [9.17, 15) is 19.5 Å². The van der Waals surface area contributed by atoms with Crippen LogP contribution in [0.15, 0.2) is 18.2 Å². The second-order valence-electron chi connectivity index (χ2n) is 12.0. The maximum atomic E-state index is 13.7. The third-order valence-electron chi connectivity index (χ3n) is 8.80. The normalized spacial score (nSPS) is 22.9. The predicted octanol–water partition coefficient (Wildman–Crippen LogP) is 3.07. The van der Waals surface area contributed by atoms with E-state index < -0.39 is 11.9 Å². The summed E-state index contributed by atoms with van der Waals surface area (Å²) < 4.78 is 5.69. The Morgan fingerprint density at radius 2 is 1.90 bits per heavy atom. The van der Waals surface area contributed by atoms with Gasteiger partial charge in [0, 0.05) is 57.5 Å². The number of carboxylic acids is 1. The lowest BCUT2D eigenvalue weighted by Crippen LogP contribution is -2.46. The SMILES string of the molecule is CCCCN(CCCN(C)C)C(=O)CN1CC(c2ccc3c(c2)CCO3)C(C(=O)O)C1CCN1CCCCC1=O. The molecule has 1 aromatic carbocycles. The molecule has 1 N–H and O–H groups in total. The molecule has 3 atom stereocenters. The molecule has 3 unspecified atom stereocenters. The Kier molecular flexibility index (Phi) is 10.8. The van der Waals surface area contributed by atoms with E-state index in [0.29, 0.717) is 39.1 Å². The van der Waals surface area contributed by atoms with Gasteiger partial charge in [0.25, 0.3) is 0 Å². The van der Waals surface area contributed by atoms with Crippen molar-refractivity contribution in [2.24, 2.45) is 5.92 Å². The van der Waals surface area contributed by atoms with Crippen LogP contribution in [0.25, 0.3) is 0 Å². The number of nitrogens with zero attached hydrogens (tertiary/aromatic N) is 4. The third kappa shape index (κ3) is 7.55. The summed E-state index contributed by atoms with van der Waals surface area (Å²) in [6.45, 7) is 7.11. The molecule has 2 fully saturated rings. The van der Waals surface area contributed by atoms with Gasteiger partial charge < -0.3 is 24.5 Å². The molecule has 0 saturated carbocycles. The molecule has 3 aliphatic heterocycles. The molecule has 9 nitrogen and oxygen atoms in total. The molecule has 0 spiro atoms. The fourth-order valence-corrected chi connectivity index (χ4v) is 6.58. The van der Waals surface area contributed by atoms with Crippen molar-refractivity contribution < 1.29 is 24.2 Å². The van der Waals surface area contributed by atoms with Crippen LogP contribution in [0.5, 0.6) is 5.75 Å². The molecule has 0 aromatic heterocycles. The number of piperidine rings is 1. The van der Waals surface area contributed by atoms with Gasteiger partial charge in [0.2, 0.25) is 11.8 Å². The summed E-state index contributed by atoms with van der Waals surface area (Å²) in [7, 11) is 4.08. The third-order valence-corrected chi connectivity index (χ3v) is 8.80. The molecular formula is C31H48N4O5. The lowest BCUT2D eigenvalue weighted by molar-refractivity contribution is -0.144. The number of rotatable bonds is 14. The van der Waals surface area contributed by atoms with E-state index in [-0.39, 0.29) is 30.3 Å². The Morgan fingerprint density at radius 3 is 2.62 bits per heavy atom. The predicted molar refractivity (Wildman–Crippen MR) is 155 cm³/mol. The Labute approximate surface area is 239 Å². The van der Waals surface area contributed by atoms with Crippen molar-refractivity contribution in [3.05, 3.63) is 29.3 Å². The highest BCUT2D eigenvalue weighted by atomic mass is 16.5. The van der Waals surface area contributed by atoms with Crippen molar-refractivity contribution in [3.8, 4) is 5.75 Å². The number of carbonyl (C=O) groups is 3. The van der Waals surface area contributed by atoms with Crippen molar-refractivity contribution >= 4 is 17.8 Å². The first kappa shape index (κ1) is 30.3. The summed E-state index contributed by atoms with van der Waals surface area (Å²) in [6, 6.07) is 5.74. The molecule has 0 bridgehead atoms. The zero-order valence-electron chi connectivity index (χ0n) is 24.6. The summed E-state index contributed by atoms with van der Waals surface area (Å²) in [4.78, 5) is 47.1. The minimum atomic E-state index is -0.833. The minimum absolute atomic E-state index is 0.0680. The number of carbonyl (C=O) groups excluding carboxylic acids is 2. The van der Waals surface area contributed by atoms with Gasteiger partial charge in [-0.3, -0.25) is 19.3 Å². The zero-order valence-corrected chi connectivity index (χ0v) is 24.6. The Hall–Kier alpha value is -2.65. The Balaban J connectivity index is 1.55. The molecule has 3 heterocycles. The van der Waals surface area contributed by atoms with E-state index in [1.165, 1.54) is 0 Å². The first-order valence-electron chi connectivity index (χ1n) is 15.2. The van der Waals surface area contributed by atoms with E-state index in [1.807, 2.05) is 36.0 Å². The topological polar surface area (TPSA) is 93.6 Å². The number of unbranched alkanes of at least 4 members (excludes halogenated alkanes) is 1. The largest absolute Gasteiger partial charge is 0.493 e. The van der Waals surface area contributed by atoms with Crippen LogP contribution in [0.2, 0.25) is 0 Å². The van der Waals surface area contributed by atoms with E-state index in [2.05, 4.69) is 22.8 Å².